The highest BCUT2D eigenvalue weighted by atomic mass is 16.5. The molecule has 1 saturated carbocycles. The van der Waals surface area contributed by atoms with Crippen LogP contribution in [0.4, 0.5) is 0 Å². The molecule has 0 amide bonds. The monoisotopic (exact) mass is 231 g/mol. The Morgan fingerprint density at radius 2 is 2.25 bits per heavy atom. The van der Waals surface area contributed by atoms with Crippen LogP contribution in [0.2, 0.25) is 0 Å². The summed E-state index contributed by atoms with van der Waals surface area (Å²) in [5.41, 5.74) is 0. The van der Waals surface area contributed by atoms with Gasteiger partial charge in [-0.3, -0.25) is 9.69 Å². The number of carboxylic acids is 1. The summed E-state index contributed by atoms with van der Waals surface area (Å²) in [5.74, 6) is -0.105. The third-order valence-corrected chi connectivity index (χ3v) is 2.78. The van der Waals surface area contributed by atoms with Crippen molar-refractivity contribution in [2.24, 2.45) is 5.92 Å². The van der Waals surface area contributed by atoms with Crippen LogP contribution in [0.25, 0.3) is 0 Å². The van der Waals surface area contributed by atoms with Crippen molar-refractivity contribution >= 4 is 5.97 Å². The van der Waals surface area contributed by atoms with E-state index in [0.29, 0.717) is 13.2 Å². The van der Waals surface area contributed by atoms with E-state index in [0.717, 1.165) is 12.5 Å². The molecular formula is C11H21NO4. The molecule has 0 bridgehead atoms. The molecular weight excluding hydrogens is 210 g/mol. The zero-order chi connectivity index (χ0) is 12.0. The molecule has 1 aliphatic carbocycles. The van der Waals surface area contributed by atoms with E-state index in [1.807, 2.05) is 0 Å². The van der Waals surface area contributed by atoms with E-state index in [9.17, 15) is 4.79 Å². The highest BCUT2D eigenvalue weighted by Gasteiger charge is 2.23. The van der Waals surface area contributed by atoms with Crippen molar-refractivity contribution in [3.8, 4) is 0 Å². The fourth-order valence-electron chi connectivity index (χ4n) is 1.44. The molecule has 5 heteroatoms. The lowest BCUT2D eigenvalue weighted by Gasteiger charge is -2.23. The maximum Gasteiger partial charge on any atom is 0.323 e. The fourth-order valence-corrected chi connectivity index (χ4v) is 1.44. The summed E-state index contributed by atoms with van der Waals surface area (Å²) in [6.45, 7) is 2.22. The smallest absolute Gasteiger partial charge is 0.323 e. The lowest BCUT2D eigenvalue weighted by atomic mass is 10.3. The first-order valence-corrected chi connectivity index (χ1v) is 5.65. The number of methoxy groups -OCH3 is 1. The van der Waals surface area contributed by atoms with Crippen LogP contribution in [0.1, 0.15) is 12.8 Å². The zero-order valence-electron chi connectivity index (χ0n) is 10.0. The molecule has 1 fully saturated rings. The van der Waals surface area contributed by atoms with Gasteiger partial charge in [-0.2, -0.15) is 0 Å². The maximum absolute atomic E-state index is 10.9. The molecule has 1 unspecified atom stereocenters. The molecule has 0 heterocycles. The van der Waals surface area contributed by atoms with Crippen molar-refractivity contribution in [3.05, 3.63) is 0 Å². The van der Waals surface area contributed by atoms with Crippen molar-refractivity contribution in [1.82, 2.24) is 4.90 Å². The highest BCUT2D eigenvalue weighted by Crippen LogP contribution is 2.28. The van der Waals surface area contributed by atoms with Crippen LogP contribution >= 0.6 is 0 Å². The Labute approximate surface area is 96.3 Å². The molecule has 1 N–H and O–H groups in total. The number of carbonyl (C=O) groups is 1. The Hall–Kier alpha value is -0.650. The van der Waals surface area contributed by atoms with Crippen molar-refractivity contribution in [1.29, 1.82) is 0 Å². The normalized spacial score (nSPS) is 17.7. The van der Waals surface area contributed by atoms with Crippen LogP contribution in [-0.4, -0.2) is 62.5 Å². The van der Waals surface area contributed by atoms with Crippen LogP contribution in [-0.2, 0) is 14.3 Å². The second kappa shape index (κ2) is 6.83. The van der Waals surface area contributed by atoms with E-state index >= 15 is 0 Å². The number of nitrogens with zero attached hydrogens (tertiary/aromatic N) is 1. The van der Waals surface area contributed by atoms with Gasteiger partial charge in [0.15, 0.2) is 0 Å². The molecule has 0 aromatic carbocycles. The summed E-state index contributed by atoms with van der Waals surface area (Å²) in [6.07, 6.45) is 2.55. The van der Waals surface area contributed by atoms with Gasteiger partial charge in [-0.1, -0.05) is 0 Å². The predicted molar refractivity (Wildman–Crippen MR) is 59.5 cm³/mol. The summed E-state index contributed by atoms with van der Waals surface area (Å²) in [5, 5.41) is 8.97. The summed E-state index contributed by atoms with van der Waals surface area (Å²) in [6, 6.07) is -0.588. The summed E-state index contributed by atoms with van der Waals surface area (Å²) < 4.78 is 10.3. The Bertz CT molecular complexity index is 218. The van der Waals surface area contributed by atoms with Gasteiger partial charge in [0.05, 0.1) is 13.2 Å². The van der Waals surface area contributed by atoms with Crippen molar-refractivity contribution < 1.29 is 19.4 Å². The number of hydrogen-bond acceptors (Lipinski definition) is 4. The van der Waals surface area contributed by atoms with E-state index in [-0.39, 0.29) is 6.61 Å². The van der Waals surface area contributed by atoms with Crippen molar-refractivity contribution in [3.63, 3.8) is 0 Å². The van der Waals surface area contributed by atoms with E-state index in [2.05, 4.69) is 0 Å². The summed E-state index contributed by atoms with van der Waals surface area (Å²) >= 11 is 0. The molecule has 1 rings (SSSR count). The van der Waals surface area contributed by atoms with Crippen LogP contribution < -0.4 is 0 Å². The number of likely N-dealkylation sites (N-methyl/N-ethyl adjacent to an activating group) is 1. The Kier molecular flexibility index (Phi) is 5.73. The van der Waals surface area contributed by atoms with Crippen LogP contribution in [0.5, 0.6) is 0 Å². The van der Waals surface area contributed by atoms with Gasteiger partial charge in [-0.15, -0.1) is 0 Å². The quantitative estimate of drug-likeness (QED) is 0.584. The van der Waals surface area contributed by atoms with E-state index in [1.165, 1.54) is 20.0 Å². The average molecular weight is 231 g/mol. The maximum atomic E-state index is 10.9. The molecule has 0 radical (unpaired) electrons. The molecule has 0 spiro atoms. The highest BCUT2D eigenvalue weighted by molar-refractivity contribution is 5.73. The molecule has 5 nitrogen and oxygen atoms in total. The standard InChI is InChI=1S/C11H21NO4/c1-12(10(8-15-2)11(13)14)5-6-16-7-9-3-4-9/h9-10H,3-8H2,1-2H3,(H,13,14). The van der Waals surface area contributed by atoms with E-state index < -0.39 is 12.0 Å². The van der Waals surface area contributed by atoms with Gasteiger partial charge in [-0.05, 0) is 25.8 Å². The number of rotatable bonds is 9. The first-order valence-electron chi connectivity index (χ1n) is 5.65. The van der Waals surface area contributed by atoms with Crippen LogP contribution in [0.15, 0.2) is 0 Å². The Morgan fingerprint density at radius 3 is 2.75 bits per heavy atom. The largest absolute Gasteiger partial charge is 0.480 e. The Morgan fingerprint density at radius 1 is 1.56 bits per heavy atom. The first kappa shape index (κ1) is 13.4. The number of aliphatic carboxylic acids is 1. The molecule has 16 heavy (non-hydrogen) atoms. The topological polar surface area (TPSA) is 59.0 Å². The minimum atomic E-state index is -0.855. The zero-order valence-corrected chi connectivity index (χ0v) is 10.0. The van der Waals surface area contributed by atoms with Gasteiger partial charge in [0.25, 0.3) is 0 Å². The molecule has 0 aliphatic heterocycles. The summed E-state index contributed by atoms with van der Waals surface area (Å²) in [4.78, 5) is 12.7. The average Bonchev–Trinajstić information content (AvgIpc) is 3.04. The first-order chi connectivity index (χ1) is 7.65. The van der Waals surface area contributed by atoms with Crippen LogP contribution in [0, 0.1) is 5.92 Å². The Balaban J connectivity index is 2.13. The second-order valence-corrected chi connectivity index (χ2v) is 4.31. The van der Waals surface area contributed by atoms with Gasteiger partial charge in [0.2, 0.25) is 0 Å². The lowest BCUT2D eigenvalue weighted by Crippen LogP contribution is -2.43. The lowest BCUT2D eigenvalue weighted by molar-refractivity contribution is -0.145. The van der Waals surface area contributed by atoms with Gasteiger partial charge in [0, 0.05) is 20.3 Å². The fraction of sp³-hybridized carbons (Fsp3) is 0.909. The van der Waals surface area contributed by atoms with Gasteiger partial charge in [-0.25, -0.2) is 0 Å². The molecule has 0 aromatic heterocycles. The number of hydrogen-bond donors (Lipinski definition) is 1. The molecule has 0 saturated heterocycles. The van der Waals surface area contributed by atoms with Gasteiger partial charge < -0.3 is 14.6 Å². The van der Waals surface area contributed by atoms with Gasteiger partial charge >= 0.3 is 5.97 Å². The molecule has 1 aliphatic rings. The van der Waals surface area contributed by atoms with Crippen molar-refractivity contribution in [2.75, 3.05) is 40.5 Å². The molecule has 94 valence electrons. The number of carboxylic acid groups (broad SMARTS) is 1. The predicted octanol–water partition coefficient (Wildman–Crippen LogP) is 0.444. The second-order valence-electron chi connectivity index (χ2n) is 4.31. The minimum absolute atomic E-state index is 0.203. The number of ether oxygens (including phenoxy) is 2. The summed E-state index contributed by atoms with van der Waals surface area (Å²) in [7, 11) is 3.28. The molecule has 1 atom stereocenters. The SMILES string of the molecule is COCC(C(=O)O)N(C)CCOCC1CC1. The third kappa shape index (κ3) is 4.92. The van der Waals surface area contributed by atoms with Crippen LogP contribution in [0.3, 0.4) is 0 Å². The third-order valence-electron chi connectivity index (χ3n) is 2.78. The minimum Gasteiger partial charge on any atom is -0.480 e. The van der Waals surface area contributed by atoms with E-state index in [1.54, 1.807) is 11.9 Å². The van der Waals surface area contributed by atoms with Crippen molar-refractivity contribution in [2.45, 2.75) is 18.9 Å². The molecule has 0 aromatic rings. The van der Waals surface area contributed by atoms with E-state index in [4.69, 9.17) is 14.6 Å². The van der Waals surface area contributed by atoms with Gasteiger partial charge in [0.1, 0.15) is 6.04 Å².